The third-order valence-corrected chi connectivity index (χ3v) is 3.91. The van der Waals surface area contributed by atoms with Crippen molar-refractivity contribution in [3.05, 3.63) is 39.7 Å². The highest BCUT2D eigenvalue weighted by molar-refractivity contribution is 5.91. The summed E-state index contributed by atoms with van der Waals surface area (Å²) in [5.74, 6) is -1.50. The number of hydrogen-bond donors (Lipinski definition) is 3. The Labute approximate surface area is 144 Å². The fourth-order valence-corrected chi connectivity index (χ4v) is 2.67. The van der Waals surface area contributed by atoms with Crippen LogP contribution in [0.3, 0.4) is 0 Å². The number of phenols is 1. The standard InChI is InChI=1S/C18H21NO6/c1-9(2)6-13(18(23)24)19-15(21)7-11-8-16(22)25-17-10(3)14(20)5-4-12(11)17/h4-5,8-9,13,20H,6-7H2,1-3H3,(H,19,21)(H,23,24). The van der Waals surface area contributed by atoms with Crippen molar-refractivity contribution in [2.45, 2.75) is 39.7 Å². The van der Waals surface area contributed by atoms with E-state index < -0.39 is 23.5 Å². The quantitative estimate of drug-likeness (QED) is 0.688. The molecule has 1 amide bonds. The van der Waals surface area contributed by atoms with Gasteiger partial charge in [0, 0.05) is 17.0 Å². The van der Waals surface area contributed by atoms with Crippen molar-refractivity contribution in [2.24, 2.45) is 5.92 Å². The Morgan fingerprint density at radius 2 is 1.96 bits per heavy atom. The summed E-state index contributed by atoms with van der Waals surface area (Å²) < 4.78 is 5.13. The molecule has 0 aliphatic heterocycles. The first-order valence-electron chi connectivity index (χ1n) is 7.96. The maximum absolute atomic E-state index is 12.3. The highest BCUT2D eigenvalue weighted by atomic mass is 16.4. The summed E-state index contributed by atoms with van der Waals surface area (Å²) in [6, 6.07) is 3.24. The van der Waals surface area contributed by atoms with Crippen molar-refractivity contribution in [1.82, 2.24) is 5.32 Å². The number of benzene rings is 1. The molecule has 25 heavy (non-hydrogen) atoms. The smallest absolute Gasteiger partial charge is 0.336 e. The summed E-state index contributed by atoms with van der Waals surface area (Å²) in [7, 11) is 0. The average Bonchev–Trinajstić information content (AvgIpc) is 2.50. The van der Waals surface area contributed by atoms with Gasteiger partial charge in [0.2, 0.25) is 5.91 Å². The van der Waals surface area contributed by atoms with Gasteiger partial charge in [-0.2, -0.15) is 0 Å². The number of carboxylic acid groups (broad SMARTS) is 1. The average molecular weight is 347 g/mol. The van der Waals surface area contributed by atoms with Crippen LogP contribution in [0, 0.1) is 12.8 Å². The van der Waals surface area contributed by atoms with Crippen LogP contribution < -0.4 is 10.9 Å². The van der Waals surface area contributed by atoms with Gasteiger partial charge in [-0.15, -0.1) is 0 Å². The number of carbonyl (C=O) groups excluding carboxylic acids is 1. The predicted molar refractivity (Wildman–Crippen MR) is 91.6 cm³/mol. The Kier molecular flexibility index (Phi) is 5.46. The topological polar surface area (TPSA) is 117 Å². The van der Waals surface area contributed by atoms with Crippen LogP contribution in [-0.2, 0) is 16.0 Å². The van der Waals surface area contributed by atoms with Crippen molar-refractivity contribution in [3.63, 3.8) is 0 Å². The van der Waals surface area contributed by atoms with Crippen LogP contribution in [0.25, 0.3) is 11.0 Å². The second-order valence-electron chi connectivity index (χ2n) is 6.44. The van der Waals surface area contributed by atoms with Crippen LogP contribution in [0.4, 0.5) is 0 Å². The zero-order chi connectivity index (χ0) is 18.7. The van der Waals surface area contributed by atoms with Crippen molar-refractivity contribution >= 4 is 22.8 Å². The third kappa shape index (κ3) is 4.37. The number of rotatable bonds is 6. The monoisotopic (exact) mass is 347 g/mol. The molecule has 0 radical (unpaired) electrons. The molecule has 3 N–H and O–H groups in total. The first-order chi connectivity index (χ1) is 11.7. The van der Waals surface area contributed by atoms with E-state index >= 15 is 0 Å². The van der Waals surface area contributed by atoms with Crippen molar-refractivity contribution in [3.8, 4) is 5.75 Å². The zero-order valence-electron chi connectivity index (χ0n) is 14.3. The molecule has 0 bridgehead atoms. The summed E-state index contributed by atoms with van der Waals surface area (Å²) in [6.45, 7) is 5.34. The lowest BCUT2D eigenvalue weighted by Crippen LogP contribution is -2.42. The van der Waals surface area contributed by atoms with Gasteiger partial charge in [-0.3, -0.25) is 4.79 Å². The number of aliphatic carboxylic acids is 1. The van der Waals surface area contributed by atoms with Crippen LogP contribution in [0.15, 0.2) is 27.4 Å². The van der Waals surface area contributed by atoms with Gasteiger partial charge in [0.1, 0.15) is 17.4 Å². The second kappa shape index (κ2) is 7.38. The predicted octanol–water partition coefficient (Wildman–Crippen LogP) is 1.97. The molecule has 2 aromatic rings. The van der Waals surface area contributed by atoms with E-state index in [0.29, 0.717) is 22.9 Å². The van der Waals surface area contributed by atoms with Gasteiger partial charge >= 0.3 is 11.6 Å². The number of hydrogen-bond acceptors (Lipinski definition) is 5. The number of carboxylic acids is 1. The largest absolute Gasteiger partial charge is 0.508 e. The normalized spacial score (nSPS) is 12.3. The molecule has 0 aliphatic carbocycles. The third-order valence-electron chi connectivity index (χ3n) is 3.91. The van der Waals surface area contributed by atoms with Crippen molar-refractivity contribution < 1.29 is 24.2 Å². The molecule has 134 valence electrons. The summed E-state index contributed by atoms with van der Waals surface area (Å²) in [5, 5.41) is 22.0. The number of nitrogens with one attached hydrogen (secondary N) is 1. The number of amides is 1. The molecule has 1 atom stereocenters. The second-order valence-corrected chi connectivity index (χ2v) is 6.44. The van der Waals surface area contributed by atoms with Gasteiger partial charge in [-0.1, -0.05) is 13.8 Å². The van der Waals surface area contributed by atoms with Gasteiger partial charge in [0.05, 0.1) is 6.42 Å². The molecule has 0 saturated heterocycles. The molecule has 7 heteroatoms. The van der Waals surface area contributed by atoms with E-state index in [1.807, 2.05) is 13.8 Å². The fraction of sp³-hybridized carbons (Fsp3) is 0.389. The maximum atomic E-state index is 12.3. The van der Waals surface area contributed by atoms with Gasteiger partial charge in [-0.25, -0.2) is 9.59 Å². The first-order valence-corrected chi connectivity index (χ1v) is 7.96. The molecule has 1 heterocycles. The van der Waals surface area contributed by atoms with E-state index in [2.05, 4.69) is 5.32 Å². The molecule has 2 rings (SSSR count). The van der Waals surface area contributed by atoms with Gasteiger partial charge in [0.25, 0.3) is 0 Å². The molecule has 7 nitrogen and oxygen atoms in total. The molecular weight excluding hydrogens is 326 g/mol. The molecule has 0 saturated carbocycles. The fourth-order valence-electron chi connectivity index (χ4n) is 2.67. The number of phenolic OH excluding ortho intramolecular Hbond substituents is 1. The van der Waals surface area contributed by atoms with Gasteiger partial charge in [0.15, 0.2) is 0 Å². The van der Waals surface area contributed by atoms with E-state index in [-0.39, 0.29) is 23.7 Å². The lowest BCUT2D eigenvalue weighted by molar-refractivity contribution is -0.142. The number of aryl methyl sites for hydroxylation is 1. The van der Waals surface area contributed by atoms with Crippen LogP contribution in [0.5, 0.6) is 5.75 Å². The van der Waals surface area contributed by atoms with Crippen molar-refractivity contribution in [2.75, 3.05) is 0 Å². The Bertz CT molecular complexity index is 868. The SMILES string of the molecule is Cc1c(O)ccc2c(CC(=O)NC(CC(C)C)C(=O)O)cc(=O)oc12. The van der Waals surface area contributed by atoms with E-state index in [1.165, 1.54) is 12.1 Å². The van der Waals surface area contributed by atoms with Crippen LogP contribution in [0.1, 0.15) is 31.4 Å². The lowest BCUT2D eigenvalue weighted by atomic mass is 10.0. The van der Waals surface area contributed by atoms with E-state index in [0.717, 1.165) is 0 Å². The molecular formula is C18H21NO6. The molecule has 0 spiro atoms. The molecule has 1 unspecified atom stereocenters. The molecule has 1 aromatic carbocycles. The highest BCUT2D eigenvalue weighted by Gasteiger charge is 2.22. The Hall–Kier alpha value is -2.83. The Morgan fingerprint density at radius 1 is 1.28 bits per heavy atom. The van der Waals surface area contributed by atoms with Gasteiger partial charge < -0.3 is 19.9 Å². The molecule has 0 aliphatic rings. The van der Waals surface area contributed by atoms with Crippen LogP contribution >= 0.6 is 0 Å². The summed E-state index contributed by atoms with van der Waals surface area (Å²) >= 11 is 0. The van der Waals surface area contributed by atoms with E-state index in [4.69, 9.17) is 4.42 Å². The Balaban J connectivity index is 2.30. The van der Waals surface area contributed by atoms with E-state index in [9.17, 15) is 24.6 Å². The number of carbonyl (C=O) groups is 2. The summed E-state index contributed by atoms with van der Waals surface area (Å²) in [6.07, 6.45) is 0.153. The minimum absolute atomic E-state index is 0.0138. The van der Waals surface area contributed by atoms with Gasteiger partial charge in [-0.05, 0) is 37.0 Å². The minimum atomic E-state index is -1.10. The highest BCUT2D eigenvalue weighted by Crippen LogP contribution is 2.27. The van der Waals surface area contributed by atoms with E-state index in [1.54, 1.807) is 13.0 Å². The molecule has 0 fully saturated rings. The van der Waals surface area contributed by atoms with Crippen LogP contribution in [0.2, 0.25) is 0 Å². The van der Waals surface area contributed by atoms with Crippen LogP contribution in [-0.4, -0.2) is 28.1 Å². The number of fused-ring (bicyclic) bond motifs is 1. The first kappa shape index (κ1) is 18.5. The minimum Gasteiger partial charge on any atom is -0.508 e. The molecule has 1 aromatic heterocycles. The Morgan fingerprint density at radius 3 is 2.56 bits per heavy atom. The number of aromatic hydroxyl groups is 1. The van der Waals surface area contributed by atoms with Crippen molar-refractivity contribution in [1.29, 1.82) is 0 Å². The summed E-state index contributed by atoms with van der Waals surface area (Å²) in [4.78, 5) is 35.3. The lowest BCUT2D eigenvalue weighted by Gasteiger charge is -2.16. The maximum Gasteiger partial charge on any atom is 0.336 e. The summed E-state index contributed by atoms with van der Waals surface area (Å²) in [5.41, 5.74) is 0.397. The zero-order valence-corrected chi connectivity index (χ0v) is 14.3.